The van der Waals surface area contributed by atoms with Gasteiger partial charge in [-0.1, -0.05) is 24.5 Å². The van der Waals surface area contributed by atoms with Crippen LogP contribution in [0.2, 0.25) is 0 Å². The number of H-pyrrole nitrogens is 1. The van der Waals surface area contributed by atoms with Crippen LogP contribution in [0.5, 0.6) is 0 Å². The van der Waals surface area contributed by atoms with Gasteiger partial charge in [-0.2, -0.15) is 4.98 Å². The summed E-state index contributed by atoms with van der Waals surface area (Å²) in [4.78, 5) is 31.0. The number of imidazole rings is 1. The summed E-state index contributed by atoms with van der Waals surface area (Å²) in [7, 11) is 0. The Kier molecular flexibility index (Phi) is 8.48. The second kappa shape index (κ2) is 11.8. The molecule has 0 aromatic carbocycles. The Bertz CT molecular complexity index is 1840. The van der Waals surface area contributed by atoms with E-state index in [0.29, 0.717) is 4.88 Å². The molecule has 0 aliphatic carbocycles. The van der Waals surface area contributed by atoms with Crippen molar-refractivity contribution < 1.29 is 45.1 Å². The van der Waals surface area contributed by atoms with Gasteiger partial charge in [-0.25, -0.2) is 37.0 Å². The Hall–Kier alpha value is -2.33. The van der Waals surface area contributed by atoms with E-state index in [0.717, 1.165) is 26.9 Å². The van der Waals surface area contributed by atoms with Crippen LogP contribution < -0.4 is 11.3 Å². The van der Waals surface area contributed by atoms with Crippen molar-refractivity contribution in [2.75, 3.05) is 18.9 Å². The highest BCUT2D eigenvalue weighted by molar-refractivity contribution is 8.44. The topological polar surface area (TPSA) is 213 Å². The van der Waals surface area contributed by atoms with Gasteiger partial charge in [0.1, 0.15) is 32.0 Å². The molecule has 4 aromatic rings. The first-order chi connectivity index (χ1) is 20.7. The summed E-state index contributed by atoms with van der Waals surface area (Å²) in [5, 5.41) is 4.07. The van der Waals surface area contributed by atoms with Crippen LogP contribution in [0.4, 0.5) is 19.1 Å². The maximum Gasteiger partial charge on any atom is 0.387 e. The molecule has 0 saturated carbocycles. The number of thiol groups is 2. The molecule has 25 heteroatoms. The molecule has 4 aromatic heterocycles. The second-order valence-corrected chi connectivity index (χ2v) is 16.1. The van der Waals surface area contributed by atoms with E-state index in [-0.39, 0.29) is 28.8 Å². The molecule has 3 N–H and O–H groups in total. The third kappa shape index (κ3) is 6.62. The van der Waals surface area contributed by atoms with Crippen LogP contribution in [0.15, 0.2) is 22.8 Å². The summed E-state index contributed by atoms with van der Waals surface area (Å²) in [5.41, 5.74) is 6.09. The maximum absolute atomic E-state index is 15.9. The van der Waals surface area contributed by atoms with Crippen LogP contribution in [0.1, 0.15) is 12.1 Å². The lowest BCUT2D eigenvalue weighted by molar-refractivity contribution is -0.0641. The molecule has 17 nitrogen and oxygen atoms in total. The van der Waals surface area contributed by atoms with Gasteiger partial charge in [-0.05, 0) is 0 Å². The molecule has 6 rings (SSSR count). The van der Waals surface area contributed by atoms with Crippen LogP contribution in [0, 0.1) is 0 Å². The Balaban J connectivity index is 1.37. The Morgan fingerprint density at radius 2 is 1.98 bits per heavy atom. The van der Waals surface area contributed by atoms with Gasteiger partial charge in [-0.15, -0.1) is 16.4 Å². The summed E-state index contributed by atoms with van der Waals surface area (Å²) < 4.78 is 100. The van der Waals surface area contributed by atoms with E-state index >= 15 is 4.39 Å². The Labute approximate surface area is 258 Å². The molecule has 2 aliphatic heterocycles. The summed E-state index contributed by atoms with van der Waals surface area (Å²) in [6.07, 6.45) is -4.64. The minimum absolute atomic E-state index is 0.00326. The molecule has 2 aliphatic rings. The first kappa shape index (κ1) is 31.6. The number of thiazole rings is 1. The van der Waals surface area contributed by atoms with Gasteiger partial charge in [-0.3, -0.25) is 37.4 Å². The first-order valence-electron chi connectivity index (χ1n) is 12.2. The lowest BCUT2D eigenvalue weighted by Crippen LogP contribution is -2.33. The lowest BCUT2D eigenvalue weighted by Gasteiger charge is -2.24. The molecule has 238 valence electrons. The van der Waals surface area contributed by atoms with Gasteiger partial charge < -0.3 is 10.5 Å². The number of nitrogens with two attached hydrogens (primary N) is 1. The number of hydrogen-bond donors (Lipinski definition) is 4. The van der Waals surface area contributed by atoms with Crippen molar-refractivity contribution in [2.45, 2.75) is 43.7 Å². The highest BCUT2D eigenvalue weighted by Crippen LogP contribution is 2.58. The maximum atomic E-state index is 15.9. The number of hydrogen-bond acceptors (Lipinski definition) is 15. The fourth-order valence-corrected chi connectivity index (χ4v) is 7.35. The average Bonchev–Trinajstić information content (AvgIpc) is 3.73. The second-order valence-electron chi connectivity index (χ2n) is 9.37. The van der Waals surface area contributed by atoms with Gasteiger partial charge in [0, 0.05) is 6.20 Å². The van der Waals surface area contributed by atoms with Gasteiger partial charge in [0.2, 0.25) is 5.95 Å². The fourth-order valence-electron chi connectivity index (χ4n) is 4.30. The van der Waals surface area contributed by atoms with Crippen LogP contribution >= 0.6 is 49.4 Å². The minimum Gasteiger partial charge on any atom is -0.369 e. The van der Waals surface area contributed by atoms with Crippen molar-refractivity contribution in [1.82, 2.24) is 39.3 Å². The number of fused-ring (bicyclic) bond motifs is 4. The number of halogens is 3. The van der Waals surface area contributed by atoms with E-state index < -0.39 is 76.0 Å². The van der Waals surface area contributed by atoms with Gasteiger partial charge >= 0.3 is 13.6 Å². The first-order valence-corrected chi connectivity index (χ1v) is 18.5. The van der Waals surface area contributed by atoms with E-state index in [1.54, 1.807) is 0 Å². The largest absolute Gasteiger partial charge is 0.387 e. The molecule has 0 radical (unpaired) electrons. The van der Waals surface area contributed by atoms with E-state index in [4.69, 9.17) is 28.6 Å². The summed E-state index contributed by atoms with van der Waals surface area (Å²) in [5.74, 6) is -4.23. The van der Waals surface area contributed by atoms with E-state index in [1.165, 1.54) is 11.7 Å². The van der Waals surface area contributed by atoms with E-state index in [2.05, 4.69) is 54.5 Å². The van der Waals surface area contributed by atoms with E-state index in [1.807, 2.05) is 0 Å². The minimum atomic E-state index is -4.53. The molecule has 0 amide bonds. The molecule has 2 unspecified atom stereocenters. The van der Waals surface area contributed by atoms with Gasteiger partial charge in [0.25, 0.3) is 11.5 Å². The van der Waals surface area contributed by atoms with Crippen LogP contribution in [-0.4, -0.2) is 76.8 Å². The van der Waals surface area contributed by atoms with Gasteiger partial charge in [0.15, 0.2) is 35.2 Å². The zero-order chi connectivity index (χ0) is 31.4. The molecular formula is C19H20F3N9O8P2S3. The predicted octanol–water partition coefficient (Wildman–Crippen LogP) is 3.01. The number of anilines is 1. The predicted molar refractivity (Wildman–Crippen MR) is 152 cm³/mol. The van der Waals surface area contributed by atoms with Crippen molar-refractivity contribution in [3.05, 3.63) is 34.2 Å². The third-order valence-corrected chi connectivity index (χ3v) is 10.2. The fraction of sp³-hybridized carbons (Fsp3) is 0.474. The standard InChI is InChI=1S/C19H20F3N9O8P2S3/c20-11-8-2-35-40(33,42)37-5-19(21,22)4-31-10(26-14(29-31)9-1-24-7-44-9)3-36-41(34,43)39-13(11)17(38-8)30-6-25-12-15(30)27-18(23)28-16(12)32/h1,6-8,11,13,17H,2-5H2,(H,33,42)(H,34,43)(H3,23,27,28,32)/t8-,11-,13-,17-,40?,41?/m1/s1. The molecule has 1 fully saturated rings. The highest BCUT2D eigenvalue weighted by Gasteiger charge is 2.51. The Morgan fingerprint density at radius 1 is 1.18 bits per heavy atom. The molecule has 0 spiro atoms. The summed E-state index contributed by atoms with van der Waals surface area (Å²) >= 11 is 8.80. The molecule has 2 bridgehead atoms. The van der Waals surface area contributed by atoms with Crippen LogP contribution in [-0.2, 0) is 45.1 Å². The average molecular weight is 718 g/mol. The molecule has 1 saturated heterocycles. The van der Waals surface area contributed by atoms with Crippen molar-refractivity contribution in [3.8, 4) is 10.7 Å². The molecule has 6 heterocycles. The van der Waals surface area contributed by atoms with E-state index in [9.17, 15) is 22.7 Å². The van der Waals surface area contributed by atoms with Crippen LogP contribution in [0.3, 0.4) is 0 Å². The highest BCUT2D eigenvalue weighted by atomic mass is 32.7. The summed E-state index contributed by atoms with van der Waals surface area (Å²) in [6, 6.07) is 0. The number of ether oxygens (including phenoxy) is 1. The van der Waals surface area contributed by atoms with Crippen molar-refractivity contribution in [3.63, 3.8) is 0 Å². The number of nitrogen functional groups attached to an aromatic ring is 1. The third-order valence-electron chi connectivity index (χ3n) is 6.22. The van der Waals surface area contributed by atoms with Gasteiger partial charge in [0.05, 0.1) is 23.3 Å². The molecule has 44 heavy (non-hydrogen) atoms. The summed E-state index contributed by atoms with van der Waals surface area (Å²) in [6.45, 7) is -13.2. The number of nitrogens with one attached hydrogen (secondary N) is 1. The number of rotatable bonds is 2. The SMILES string of the molecule is Nc1nc2c(ncn2[C@@H]2O[C@@H]3COP(=O)(S)OCC(F)(F)Cn4nc(-c5cncs5)nc4COP(=O)(S)O[C@@H]2[C@@H]3F)c(=O)[nH]1. The number of nitrogens with zero attached hydrogens (tertiary/aromatic N) is 7. The van der Waals surface area contributed by atoms with Crippen LogP contribution in [0.25, 0.3) is 21.9 Å². The smallest absolute Gasteiger partial charge is 0.369 e. The lowest BCUT2D eigenvalue weighted by atomic mass is 10.1. The van der Waals surface area contributed by atoms with Crippen molar-refractivity contribution >= 4 is 66.5 Å². The number of aromatic amines is 1. The normalized spacial score (nSPS) is 31.7. The Morgan fingerprint density at radius 3 is 2.73 bits per heavy atom. The monoisotopic (exact) mass is 717 g/mol. The van der Waals surface area contributed by atoms with Crippen molar-refractivity contribution in [1.29, 1.82) is 0 Å². The molecule has 6 atom stereocenters. The quantitative estimate of drug-likeness (QED) is 0.173. The zero-order valence-corrected chi connectivity index (χ0v) is 26.1. The van der Waals surface area contributed by atoms with Crippen molar-refractivity contribution in [2.24, 2.45) is 0 Å². The number of aromatic nitrogens is 8. The zero-order valence-electron chi connectivity index (χ0n) is 21.7. The number of alkyl halides is 3. The molecular weight excluding hydrogens is 697 g/mol.